The van der Waals surface area contributed by atoms with Gasteiger partial charge in [-0.15, -0.1) is 0 Å². The molecule has 0 saturated carbocycles. The first-order valence-electron chi connectivity index (χ1n) is 6.65. The SMILES string of the molecule is O=C=CN1CCNCCN(CP(=O)(O)O)CCNCC1. The summed E-state index contributed by atoms with van der Waals surface area (Å²) in [6.07, 6.45) is 1.20. The van der Waals surface area contributed by atoms with Crippen molar-refractivity contribution in [1.82, 2.24) is 20.4 Å². The van der Waals surface area contributed by atoms with E-state index < -0.39 is 7.60 Å². The molecule has 1 heterocycles. The van der Waals surface area contributed by atoms with Crippen LogP contribution in [-0.2, 0) is 9.36 Å². The van der Waals surface area contributed by atoms with Crippen molar-refractivity contribution >= 4 is 13.5 Å². The van der Waals surface area contributed by atoms with Gasteiger partial charge in [-0.1, -0.05) is 0 Å². The number of nitrogens with one attached hydrogen (secondary N) is 2. The predicted octanol–water partition coefficient (Wildman–Crippen LogP) is -1.74. The standard InChI is InChI=1S/C11H23N4O4P/c16-10-9-14-5-1-12-3-7-15(11-20(17,18)19)8-4-13-2-6-14/h9,12-13H,1-8,11H2,(H2,17,18,19). The van der Waals surface area contributed by atoms with Gasteiger partial charge >= 0.3 is 7.60 Å². The Labute approximate surface area is 119 Å². The molecule has 0 atom stereocenters. The fourth-order valence-corrected chi connectivity index (χ4v) is 2.80. The summed E-state index contributed by atoms with van der Waals surface area (Å²) in [4.78, 5) is 32.1. The summed E-state index contributed by atoms with van der Waals surface area (Å²) in [6.45, 7) is 5.29. The minimum Gasteiger partial charge on any atom is -0.366 e. The van der Waals surface area contributed by atoms with Crippen molar-refractivity contribution in [1.29, 1.82) is 0 Å². The van der Waals surface area contributed by atoms with Crippen molar-refractivity contribution in [2.24, 2.45) is 0 Å². The molecule has 0 aromatic heterocycles. The van der Waals surface area contributed by atoms with Gasteiger partial charge in [0.05, 0.1) is 6.20 Å². The van der Waals surface area contributed by atoms with E-state index in [2.05, 4.69) is 10.6 Å². The number of hydrogen-bond donors (Lipinski definition) is 4. The van der Waals surface area contributed by atoms with Crippen molar-refractivity contribution in [2.45, 2.75) is 0 Å². The minimum absolute atomic E-state index is 0.212. The monoisotopic (exact) mass is 306 g/mol. The Morgan fingerprint density at radius 2 is 1.55 bits per heavy atom. The second-order valence-electron chi connectivity index (χ2n) is 4.71. The van der Waals surface area contributed by atoms with Gasteiger partial charge in [-0.3, -0.25) is 9.46 Å². The normalized spacial score (nSPS) is 20.6. The van der Waals surface area contributed by atoms with Crippen LogP contribution in [0.5, 0.6) is 0 Å². The molecule has 116 valence electrons. The lowest BCUT2D eigenvalue weighted by atomic mass is 10.4. The van der Waals surface area contributed by atoms with Crippen LogP contribution in [0.25, 0.3) is 0 Å². The highest BCUT2D eigenvalue weighted by Gasteiger charge is 2.18. The molecule has 1 aliphatic rings. The van der Waals surface area contributed by atoms with Crippen molar-refractivity contribution in [3.63, 3.8) is 0 Å². The number of rotatable bonds is 3. The van der Waals surface area contributed by atoms with Crippen molar-refractivity contribution in [3.8, 4) is 0 Å². The molecule has 0 aliphatic carbocycles. The van der Waals surface area contributed by atoms with Gasteiger partial charge in [0.25, 0.3) is 0 Å². The second-order valence-corrected chi connectivity index (χ2v) is 6.32. The highest BCUT2D eigenvalue weighted by Crippen LogP contribution is 2.34. The van der Waals surface area contributed by atoms with E-state index in [1.807, 2.05) is 4.90 Å². The zero-order chi connectivity index (χ0) is 14.8. The minimum atomic E-state index is -4.02. The van der Waals surface area contributed by atoms with E-state index in [1.54, 1.807) is 10.8 Å². The fourth-order valence-electron chi connectivity index (χ4n) is 2.00. The molecule has 8 nitrogen and oxygen atoms in total. The summed E-state index contributed by atoms with van der Waals surface area (Å²) >= 11 is 0. The quantitative estimate of drug-likeness (QED) is 0.360. The van der Waals surface area contributed by atoms with Gasteiger partial charge in [-0.05, 0) is 0 Å². The molecule has 0 aromatic rings. The molecular formula is C11H23N4O4P. The number of carbonyl (C=O) groups excluding carboxylic acids is 1. The van der Waals surface area contributed by atoms with E-state index >= 15 is 0 Å². The fraction of sp³-hybridized carbons (Fsp3) is 0.818. The summed E-state index contributed by atoms with van der Waals surface area (Å²) in [6, 6.07) is 0. The van der Waals surface area contributed by atoms with E-state index in [0.717, 1.165) is 0 Å². The molecule has 9 heteroatoms. The molecule has 1 fully saturated rings. The maximum atomic E-state index is 11.1. The molecule has 1 saturated heterocycles. The molecule has 0 aromatic carbocycles. The number of nitrogens with zero attached hydrogens (tertiary/aromatic N) is 2. The van der Waals surface area contributed by atoms with Crippen LogP contribution in [0.4, 0.5) is 0 Å². The van der Waals surface area contributed by atoms with Crippen molar-refractivity contribution in [2.75, 3.05) is 58.6 Å². The summed E-state index contributed by atoms with van der Waals surface area (Å²) in [5.41, 5.74) is 0. The highest BCUT2D eigenvalue weighted by molar-refractivity contribution is 7.51. The maximum absolute atomic E-state index is 11.1. The Kier molecular flexibility index (Phi) is 8.02. The molecule has 0 unspecified atom stereocenters. The molecule has 1 rings (SSSR count). The molecule has 20 heavy (non-hydrogen) atoms. The van der Waals surface area contributed by atoms with Crippen LogP contribution >= 0.6 is 7.60 Å². The lowest BCUT2D eigenvalue weighted by Crippen LogP contribution is -2.42. The maximum Gasteiger partial charge on any atom is 0.339 e. The van der Waals surface area contributed by atoms with Crippen LogP contribution in [0.2, 0.25) is 0 Å². The van der Waals surface area contributed by atoms with Gasteiger partial charge in [-0.2, -0.15) is 0 Å². The largest absolute Gasteiger partial charge is 0.366 e. The van der Waals surface area contributed by atoms with Gasteiger partial charge in [-0.25, -0.2) is 4.79 Å². The Hall–Kier alpha value is -0.720. The lowest BCUT2D eigenvalue weighted by Gasteiger charge is -2.25. The molecule has 0 spiro atoms. The third kappa shape index (κ3) is 8.45. The van der Waals surface area contributed by atoms with Gasteiger partial charge in [0.2, 0.25) is 0 Å². The second kappa shape index (κ2) is 9.26. The molecule has 0 radical (unpaired) electrons. The first-order chi connectivity index (χ1) is 9.51. The van der Waals surface area contributed by atoms with Crippen molar-refractivity contribution < 1.29 is 19.1 Å². The molecule has 1 aliphatic heterocycles. The Morgan fingerprint density at radius 1 is 1.05 bits per heavy atom. The smallest absolute Gasteiger partial charge is 0.339 e. The van der Waals surface area contributed by atoms with Gasteiger partial charge in [0.15, 0.2) is 0 Å². The van der Waals surface area contributed by atoms with Gasteiger partial charge in [0.1, 0.15) is 12.2 Å². The third-order valence-corrected chi connectivity index (χ3v) is 3.75. The third-order valence-electron chi connectivity index (χ3n) is 2.98. The zero-order valence-electron chi connectivity index (χ0n) is 11.5. The Bertz CT molecular complexity index is 355. The number of hydrogen-bond acceptors (Lipinski definition) is 6. The van der Waals surface area contributed by atoms with Crippen LogP contribution in [-0.4, -0.2) is 84.2 Å². The molecular weight excluding hydrogens is 283 g/mol. The van der Waals surface area contributed by atoms with Crippen molar-refractivity contribution in [3.05, 3.63) is 6.20 Å². The lowest BCUT2D eigenvalue weighted by molar-refractivity contribution is 0.266. The summed E-state index contributed by atoms with van der Waals surface area (Å²) in [7, 11) is -4.02. The molecule has 4 N–H and O–H groups in total. The van der Waals surface area contributed by atoms with E-state index in [0.29, 0.717) is 52.4 Å². The van der Waals surface area contributed by atoms with Crippen LogP contribution in [0.15, 0.2) is 6.20 Å². The summed E-state index contributed by atoms with van der Waals surface area (Å²) in [5.74, 6) is 1.78. The molecule has 0 bridgehead atoms. The zero-order valence-corrected chi connectivity index (χ0v) is 12.4. The van der Waals surface area contributed by atoms with Crippen LogP contribution < -0.4 is 10.6 Å². The van der Waals surface area contributed by atoms with Crippen LogP contribution in [0, 0.1) is 0 Å². The average Bonchev–Trinajstić information content (AvgIpc) is 2.33. The van der Waals surface area contributed by atoms with E-state index in [1.165, 1.54) is 6.20 Å². The van der Waals surface area contributed by atoms with Crippen LogP contribution in [0.3, 0.4) is 0 Å². The Balaban J connectivity index is 2.44. The first-order valence-corrected chi connectivity index (χ1v) is 8.44. The highest BCUT2D eigenvalue weighted by atomic mass is 31.2. The Morgan fingerprint density at radius 3 is 2.00 bits per heavy atom. The summed E-state index contributed by atoms with van der Waals surface area (Å²) in [5, 5.41) is 6.40. The summed E-state index contributed by atoms with van der Waals surface area (Å²) < 4.78 is 11.1. The van der Waals surface area contributed by atoms with Crippen LogP contribution in [0.1, 0.15) is 0 Å². The first kappa shape index (κ1) is 17.3. The van der Waals surface area contributed by atoms with E-state index in [9.17, 15) is 9.36 Å². The van der Waals surface area contributed by atoms with E-state index in [4.69, 9.17) is 9.79 Å². The van der Waals surface area contributed by atoms with E-state index in [-0.39, 0.29) is 6.29 Å². The van der Waals surface area contributed by atoms with Gasteiger partial charge < -0.3 is 25.3 Å². The average molecular weight is 306 g/mol. The molecule has 0 amide bonds. The predicted molar refractivity (Wildman–Crippen MR) is 76.1 cm³/mol. The van der Waals surface area contributed by atoms with Gasteiger partial charge in [0, 0.05) is 52.4 Å². The topological polar surface area (TPSA) is 105 Å².